The second-order valence-corrected chi connectivity index (χ2v) is 4.93. The molecule has 0 aromatic carbocycles. The number of fused-ring (bicyclic) bond motifs is 2. The van der Waals surface area contributed by atoms with Crippen molar-refractivity contribution in [3.63, 3.8) is 0 Å². The van der Waals surface area contributed by atoms with Gasteiger partial charge in [-0.15, -0.1) is 0 Å². The van der Waals surface area contributed by atoms with E-state index in [-0.39, 0.29) is 30.9 Å². The molecule has 4 atom stereocenters. The van der Waals surface area contributed by atoms with Crippen molar-refractivity contribution in [1.82, 2.24) is 4.90 Å². The van der Waals surface area contributed by atoms with Crippen molar-refractivity contribution in [1.29, 1.82) is 0 Å². The highest BCUT2D eigenvalue weighted by Crippen LogP contribution is 2.37. The van der Waals surface area contributed by atoms with E-state index in [9.17, 15) is 9.90 Å². The van der Waals surface area contributed by atoms with E-state index in [2.05, 4.69) is 0 Å². The summed E-state index contributed by atoms with van der Waals surface area (Å²) in [7, 11) is 0. The number of ether oxygens (including phenoxy) is 3. The Kier molecular flexibility index (Phi) is 1.99. The molecule has 0 spiro atoms. The number of amides is 1. The molecule has 1 N–H and O–H groups in total. The Morgan fingerprint density at radius 1 is 1.44 bits per heavy atom. The molecule has 3 saturated heterocycles. The van der Waals surface area contributed by atoms with Gasteiger partial charge in [0, 0.05) is 0 Å². The minimum absolute atomic E-state index is 0.229. The number of aliphatic hydroxyl groups is 1. The monoisotopic (exact) mass is 229 g/mol. The lowest BCUT2D eigenvalue weighted by atomic mass is 9.95. The van der Waals surface area contributed by atoms with Gasteiger partial charge in [0.05, 0.1) is 12.6 Å². The number of carbonyl (C=O) groups excluding carboxylic acids is 1. The molecule has 6 heteroatoms. The van der Waals surface area contributed by atoms with E-state index in [1.54, 1.807) is 0 Å². The van der Waals surface area contributed by atoms with Gasteiger partial charge in [-0.25, -0.2) is 4.79 Å². The first-order chi connectivity index (χ1) is 7.48. The summed E-state index contributed by atoms with van der Waals surface area (Å²) in [6.45, 7) is 4.27. The maximum absolute atomic E-state index is 11.4. The topological polar surface area (TPSA) is 68.2 Å². The summed E-state index contributed by atoms with van der Waals surface area (Å²) in [5.74, 6) is -0.694. The Bertz CT molecular complexity index is 329. The predicted molar refractivity (Wildman–Crippen MR) is 51.7 cm³/mol. The Morgan fingerprint density at radius 3 is 2.94 bits per heavy atom. The standard InChI is InChI=1S/C10H15NO5/c1-10(2)15-6-3-11-5(4-14-9(11)13)7(12)8(6)16-10/h5-8,12H,3-4H2,1-2H3/t5-,6-,7-,8-/m1/s1. The van der Waals surface area contributed by atoms with Crippen LogP contribution in [0.1, 0.15) is 13.8 Å². The molecule has 90 valence electrons. The summed E-state index contributed by atoms with van der Waals surface area (Å²) in [5.41, 5.74) is 0. The van der Waals surface area contributed by atoms with E-state index in [1.807, 2.05) is 13.8 Å². The van der Waals surface area contributed by atoms with Crippen LogP contribution in [0.5, 0.6) is 0 Å². The normalized spacial score (nSPS) is 45.2. The Hall–Kier alpha value is -0.850. The van der Waals surface area contributed by atoms with Gasteiger partial charge < -0.3 is 19.3 Å². The smallest absolute Gasteiger partial charge is 0.410 e. The molecule has 0 radical (unpaired) electrons. The maximum Gasteiger partial charge on any atom is 0.410 e. The molecular weight excluding hydrogens is 214 g/mol. The molecule has 0 unspecified atom stereocenters. The number of carbonyl (C=O) groups is 1. The number of cyclic esters (lactones) is 1. The SMILES string of the molecule is CC1(C)O[C@H]2[C@H](O)[C@H]3COC(=O)N3C[C@H]2O1. The number of aliphatic hydroxyl groups excluding tert-OH is 1. The van der Waals surface area contributed by atoms with Crippen molar-refractivity contribution in [3.05, 3.63) is 0 Å². The molecule has 0 bridgehead atoms. The zero-order valence-corrected chi connectivity index (χ0v) is 9.25. The fourth-order valence-corrected chi connectivity index (χ4v) is 2.66. The third-order valence-electron chi connectivity index (χ3n) is 3.34. The fraction of sp³-hybridized carbons (Fsp3) is 0.900. The molecule has 0 aliphatic carbocycles. The first kappa shape index (κ1) is 10.3. The van der Waals surface area contributed by atoms with E-state index < -0.39 is 11.9 Å². The third-order valence-corrected chi connectivity index (χ3v) is 3.34. The number of hydrogen-bond donors (Lipinski definition) is 1. The lowest BCUT2D eigenvalue weighted by Crippen LogP contribution is -2.59. The molecule has 0 aromatic heterocycles. The highest BCUT2D eigenvalue weighted by Gasteiger charge is 2.55. The van der Waals surface area contributed by atoms with Gasteiger partial charge in [0.15, 0.2) is 5.79 Å². The van der Waals surface area contributed by atoms with Crippen LogP contribution in [0.3, 0.4) is 0 Å². The molecule has 6 nitrogen and oxygen atoms in total. The first-order valence-electron chi connectivity index (χ1n) is 5.45. The fourth-order valence-electron chi connectivity index (χ4n) is 2.66. The molecule has 1 amide bonds. The lowest BCUT2D eigenvalue weighted by molar-refractivity contribution is -0.154. The van der Waals surface area contributed by atoms with Crippen molar-refractivity contribution in [2.75, 3.05) is 13.2 Å². The average molecular weight is 229 g/mol. The molecular formula is C10H15NO5. The van der Waals surface area contributed by atoms with Gasteiger partial charge in [0.25, 0.3) is 0 Å². The summed E-state index contributed by atoms with van der Waals surface area (Å²) in [6.07, 6.45) is -1.76. The van der Waals surface area contributed by atoms with E-state index in [0.29, 0.717) is 6.54 Å². The molecule has 0 saturated carbocycles. The van der Waals surface area contributed by atoms with Gasteiger partial charge in [0.2, 0.25) is 0 Å². The van der Waals surface area contributed by atoms with Gasteiger partial charge in [-0.2, -0.15) is 0 Å². The zero-order valence-electron chi connectivity index (χ0n) is 9.25. The summed E-state index contributed by atoms with van der Waals surface area (Å²) >= 11 is 0. The van der Waals surface area contributed by atoms with Crippen LogP contribution < -0.4 is 0 Å². The zero-order chi connectivity index (χ0) is 11.5. The molecule has 3 fully saturated rings. The van der Waals surface area contributed by atoms with Crippen molar-refractivity contribution in [2.24, 2.45) is 0 Å². The van der Waals surface area contributed by atoms with E-state index >= 15 is 0 Å². The van der Waals surface area contributed by atoms with Crippen LogP contribution in [0.4, 0.5) is 4.79 Å². The highest BCUT2D eigenvalue weighted by molar-refractivity contribution is 5.70. The Labute approximate surface area is 93.1 Å². The number of piperidine rings is 1. The minimum Gasteiger partial charge on any atom is -0.447 e. The highest BCUT2D eigenvalue weighted by atomic mass is 16.8. The summed E-state index contributed by atoms with van der Waals surface area (Å²) in [4.78, 5) is 12.9. The first-order valence-corrected chi connectivity index (χ1v) is 5.45. The Morgan fingerprint density at radius 2 is 2.19 bits per heavy atom. The number of nitrogens with zero attached hydrogens (tertiary/aromatic N) is 1. The molecule has 3 aliphatic heterocycles. The molecule has 0 aromatic rings. The summed E-state index contributed by atoms with van der Waals surface area (Å²) in [5, 5.41) is 10.1. The molecule has 16 heavy (non-hydrogen) atoms. The summed E-state index contributed by atoms with van der Waals surface area (Å²) < 4.78 is 16.2. The second kappa shape index (κ2) is 3.09. The van der Waals surface area contributed by atoms with Crippen LogP contribution in [0.15, 0.2) is 0 Å². The third kappa shape index (κ3) is 1.33. The van der Waals surface area contributed by atoms with Crippen LogP contribution in [0.25, 0.3) is 0 Å². The average Bonchev–Trinajstić information content (AvgIpc) is 2.68. The van der Waals surface area contributed by atoms with Gasteiger partial charge in [-0.05, 0) is 13.8 Å². The Balaban J connectivity index is 1.85. The second-order valence-electron chi connectivity index (χ2n) is 4.93. The number of hydrogen-bond acceptors (Lipinski definition) is 5. The van der Waals surface area contributed by atoms with Gasteiger partial charge >= 0.3 is 6.09 Å². The maximum atomic E-state index is 11.4. The van der Waals surface area contributed by atoms with Crippen LogP contribution in [0, 0.1) is 0 Å². The van der Waals surface area contributed by atoms with E-state index in [0.717, 1.165) is 0 Å². The largest absolute Gasteiger partial charge is 0.447 e. The van der Waals surface area contributed by atoms with Gasteiger partial charge in [-0.3, -0.25) is 4.90 Å². The van der Waals surface area contributed by atoms with Crippen LogP contribution in [-0.4, -0.2) is 59.4 Å². The van der Waals surface area contributed by atoms with Crippen LogP contribution in [-0.2, 0) is 14.2 Å². The summed E-state index contributed by atoms with van der Waals surface area (Å²) in [6, 6.07) is -0.300. The van der Waals surface area contributed by atoms with Gasteiger partial charge in [-0.1, -0.05) is 0 Å². The predicted octanol–water partition coefficient (Wildman–Crippen LogP) is -0.298. The van der Waals surface area contributed by atoms with Crippen molar-refractivity contribution in [3.8, 4) is 0 Å². The van der Waals surface area contributed by atoms with E-state index in [4.69, 9.17) is 14.2 Å². The molecule has 3 aliphatic rings. The van der Waals surface area contributed by atoms with Crippen LogP contribution in [0.2, 0.25) is 0 Å². The number of rotatable bonds is 0. The van der Waals surface area contributed by atoms with Crippen molar-refractivity contribution < 1.29 is 24.1 Å². The van der Waals surface area contributed by atoms with Gasteiger partial charge in [0.1, 0.15) is 24.9 Å². The minimum atomic E-state index is -0.744. The quantitative estimate of drug-likeness (QED) is 0.617. The lowest BCUT2D eigenvalue weighted by Gasteiger charge is -2.37. The van der Waals surface area contributed by atoms with Crippen LogP contribution >= 0.6 is 0 Å². The van der Waals surface area contributed by atoms with Crippen molar-refractivity contribution >= 4 is 6.09 Å². The van der Waals surface area contributed by atoms with E-state index in [1.165, 1.54) is 4.90 Å². The van der Waals surface area contributed by atoms with Crippen molar-refractivity contribution in [2.45, 2.75) is 44.0 Å². The molecule has 3 heterocycles. The molecule has 3 rings (SSSR count).